The van der Waals surface area contributed by atoms with Gasteiger partial charge >= 0.3 is 0 Å². The van der Waals surface area contributed by atoms with E-state index in [9.17, 15) is 4.79 Å². The maximum Gasteiger partial charge on any atom is 0.228 e. The molecule has 7 nitrogen and oxygen atoms in total. The van der Waals surface area contributed by atoms with Crippen molar-refractivity contribution in [2.24, 2.45) is 5.92 Å². The van der Waals surface area contributed by atoms with Crippen LogP contribution in [0.2, 0.25) is 0 Å². The van der Waals surface area contributed by atoms with E-state index in [1.165, 1.54) is 0 Å². The Balaban J connectivity index is 1.28. The van der Waals surface area contributed by atoms with E-state index in [-0.39, 0.29) is 17.9 Å². The van der Waals surface area contributed by atoms with Crippen molar-refractivity contribution in [3.05, 3.63) is 42.2 Å². The van der Waals surface area contributed by atoms with Crippen LogP contribution in [0, 0.1) is 5.92 Å². The normalized spacial score (nSPS) is 20.8. The molecule has 2 aromatic rings. The molecule has 0 N–H and O–H groups in total. The van der Waals surface area contributed by atoms with Crippen molar-refractivity contribution in [1.29, 1.82) is 0 Å². The van der Waals surface area contributed by atoms with Crippen molar-refractivity contribution in [1.82, 2.24) is 19.9 Å². The lowest BCUT2D eigenvalue weighted by Gasteiger charge is -2.40. The molecule has 1 amide bonds. The monoisotopic (exact) mass is 328 g/mol. The Morgan fingerprint density at radius 2 is 2.12 bits per heavy atom. The molecule has 0 saturated carbocycles. The van der Waals surface area contributed by atoms with Crippen LogP contribution in [0.4, 0.5) is 0 Å². The molecule has 0 bridgehead atoms. The molecule has 7 heteroatoms. The number of hydrogen-bond donors (Lipinski definition) is 0. The predicted octanol–water partition coefficient (Wildman–Crippen LogP) is 1.28. The minimum Gasteiger partial charge on any atom is -0.487 e. The van der Waals surface area contributed by atoms with Gasteiger partial charge in [-0.3, -0.25) is 4.79 Å². The van der Waals surface area contributed by atoms with Gasteiger partial charge in [-0.05, 0) is 18.6 Å². The first-order valence-corrected chi connectivity index (χ1v) is 8.24. The summed E-state index contributed by atoms with van der Waals surface area (Å²) < 4.78 is 12.8. The molecular formula is C17H20N4O3. The summed E-state index contributed by atoms with van der Waals surface area (Å²) in [6, 6.07) is 9.83. The molecule has 1 atom stereocenters. The van der Waals surface area contributed by atoms with Crippen LogP contribution in [0.3, 0.4) is 0 Å². The number of benzene rings is 1. The number of carbonyl (C=O) groups excluding carboxylic acids is 1. The van der Waals surface area contributed by atoms with Crippen LogP contribution in [-0.4, -0.2) is 52.1 Å². The average Bonchev–Trinajstić information content (AvgIpc) is 3.24. The highest BCUT2D eigenvalue weighted by Crippen LogP contribution is 2.25. The number of ether oxygens (including phenoxy) is 2. The molecule has 4 rings (SSSR count). The molecule has 2 saturated heterocycles. The van der Waals surface area contributed by atoms with Gasteiger partial charge in [0.15, 0.2) is 0 Å². The minimum atomic E-state index is 0.0385. The van der Waals surface area contributed by atoms with Gasteiger partial charge in [-0.2, -0.15) is 0 Å². The summed E-state index contributed by atoms with van der Waals surface area (Å²) in [5, 5.41) is 8.31. The average molecular weight is 328 g/mol. The maximum atomic E-state index is 12.2. The van der Waals surface area contributed by atoms with Crippen molar-refractivity contribution < 1.29 is 14.3 Å². The van der Waals surface area contributed by atoms with E-state index in [4.69, 9.17) is 9.47 Å². The molecule has 0 unspecified atom stereocenters. The van der Waals surface area contributed by atoms with Crippen LogP contribution in [0.1, 0.15) is 18.2 Å². The van der Waals surface area contributed by atoms with Gasteiger partial charge in [-0.25, -0.2) is 4.68 Å². The summed E-state index contributed by atoms with van der Waals surface area (Å²) in [6.07, 6.45) is 2.73. The molecule has 2 aliphatic heterocycles. The molecular weight excluding hydrogens is 308 g/mol. The number of likely N-dealkylation sites (tertiary alicyclic amines) is 1. The van der Waals surface area contributed by atoms with E-state index >= 15 is 0 Å². The Morgan fingerprint density at radius 3 is 2.88 bits per heavy atom. The van der Waals surface area contributed by atoms with Crippen LogP contribution in [0.5, 0.6) is 5.75 Å². The minimum absolute atomic E-state index is 0.0385. The lowest BCUT2D eigenvalue weighted by Crippen LogP contribution is -2.52. The van der Waals surface area contributed by atoms with Crippen molar-refractivity contribution in [2.45, 2.75) is 19.1 Å². The third-order valence-corrected chi connectivity index (χ3v) is 4.51. The molecule has 0 aliphatic carbocycles. The topological polar surface area (TPSA) is 69.5 Å². The van der Waals surface area contributed by atoms with Gasteiger partial charge in [-0.15, -0.1) is 5.10 Å². The molecule has 3 heterocycles. The molecule has 126 valence electrons. The second kappa shape index (κ2) is 6.60. The Bertz CT molecular complexity index is 691. The highest BCUT2D eigenvalue weighted by molar-refractivity contribution is 5.80. The van der Waals surface area contributed by atoms with Gasteiger partial charge in [0.25, 0.3) is 0 Å². The van der Waals surface area contributed by atoms with Gasteiger partial charge in [0.2, 0.25) is 5.91 Å². The Kier molecular flexibility index (Phi) is 4.17. The third kappa shape index (κ3) is 3.12. The van der Waals surface area contributed by atoms with Crippen molar-refractivity contribution in [2.75, 3.05) is 26.3 Å². The molecule has 0 radical (unpaired) electrons. The Hall–Kier alpha value is -2.41. The summed E-state index contributed by atoms with van der Waals surface area (Å²) >= 11 is 0. The first kappa shape index (κ1) is 15.1. The second-order valence-electron chi connectivity index (χ2n) is 6.25. The maximum absolute atomic E-state index is 12.2. The second-order valence-corrected chi connectivity index (χ2v) is 6.25. The van der Waals surface area contributed by atoms with Crippen molar-refractivity contribution in [3.8, 4) is 5.75 Å². The van der Waals surface area contributed by atoms with Gasteiger partial charge in [0.05, 0.1) is 24.8 Å². The zero-order valence-corrected chi connectivity index (χ0v) is 13.4. The zero-order valence-electron chi connectivity index (χ0n) is 13.4. The summed E-state index contributed by atoms with van der Waals surface area (Å²) in [5.41, 5.74) is 0.785. The number of rotatable bonds is 5. The lowest BCUT2D eigenvalue weighted by atomic mass is 10.0. The molecule has 2 fully saturated rings. The molecule has 2 aliphatic rings. The quantitative estimate of drug-likeness (QED) is 0.827. The third-order valence-electron chi connectivity index (χ3n) is 4.51. The van der Waals surface area contributed by atoms with E-state index in [0.29, 0.717) is 32.9 Å². The number of carbonyl (C=O) groups is 1. The van der Waals surface area contributed by atoms with Crippen LogP contribution in [-0.2, 0) is 16.1 Å². The molecule has 0 spiro atoms. The van der Waals surface area contributed by atoms with Crippen LogP contribution >= 0.6 is 0 Å². The first-order chi connectivity index (χ1) is 11.8. The SMILES string of the molecule is O=C([C@@H]1CCOC1)N1CC(n2cc(COc3ccccc3)nn2)C1. The Morgan fingerprint density at radius 1 is 1.29 bits per heavy atom. The number of hydrogen-bond acceptors (Lipinski definition) is 5. The van der Waals surface area contributed by atoms with E-state index in [1.807, 2.05) is 46.1 Å². The van der Waals surface area contributed by atoms with E-state index in [2.05, 4.69) is 10.3 Å². The highest BCUT2D eigenvalue weighted by atomic mass is 16.5. The largest absolute Gasteiger partial charge is 0.487 e. The fraction of sp³-hybridized carbons (Fsp3) is 0.471. The zero-order chi connectivity index (χ0) is 16.4. The fourth-order valence-electron chi connectivity index (χ4n) is 3.02. The van der Waals surface area contributed by atoms with Crippen LogP contribution < -0.4 is 4.74 Å². The summed E-state index contributed by atoms with van der Waals surface area (Å²) in [5.74, 6) is 1.05. The summed E-state index contributed by atoms with van der Waals surface area (Å²) in [4.78, 5) is 14.1. The van der Waals surface area contributed by atoms with Crippen molar-refractivity contribution >= 4 is 5.91 Å². The standard InChI is InChI=1S/C17H20N4O3/c22-17(13-6-7-23-11-13)20-9-15(10-20)21-8-14(18-19-21)12-24-16-4-2-1-3-5-16/h1-5,8,13,15H,6-7,9-12H2/t13-/m1/s1. The van der Waals surface area contributed by atoms with Crippen LogP contribution in [0.25, 0.3) is 0 Å². The predicted molar refractivity (Wildman–Crippen MR) is 85.3 cm³/mol. The highest BCUT2D eigenvalue weighted by Gasteiger charge is 2.37. The first-order valence-electron chi connectivity index (χ1n) is 8.24. The van der Waals surface area contributed by atoms with Gasteiger partial charge < -0.3 is 14.4 Å². The fourth-order valence-corrected chi connectivity index (χ4v) is 3.02. The number of aromatic nitrogens is 3. The smallest absolute Gasteiger partial charge is 0.228 e. The van der Waals surface area contributed by atoms with Gasteiger partial charge in [-0.1, -0.05) is 23.4 Å². The summed E-state index contributed by atoms with van der Waals surface area (Å²) in [6.45, 7) is 3.03. The lowest BCUT2D eigenvalue weighted by molar-refractivity contribution is -0.141. The number of para-hydroxylation sites is 1. The van der Waals surface area contributed by atoms with Crippen molar-refractivity contribution in [3.63, 3.8) is 0 Å². The van der Waals surface area contributed by atoms with Crippen LogP contribution in [0.15, 0.2) is 36.5 Å². The van der Waals surface area contributed by atoms with Gasteiger partial charge in [0.1, 0.15) is 18.1 Å². The molecule has 24 heavy (non-hydrogen) atoms. The van der Waals surface area contributed by atoms with E-state index < -0.39 is 0 Å². The van der Waals surface area contributed by atoms with E-state index in [1.54, 1.807) is 0 Å². The molecule has 1 aromatic carbocycles. The number of amides is 1. The number of nitrogens with zero attached hydrogens (tertiary/aromatic N) is 4. The Labute approximate surface area is 140 Å². The molecule has 1 aromatic heterocycles. The summed E-state index contributed by atoms with van der Waals surface area (Å²) in [7, 11) is 0. The van der Waals surface area contributed by atoms with E-state index in [0.717, 1.165) is 17.9 Å². The van der Waals surface area contributed by atoms with Gasteiger partial charge in [0, 0.05) is 19.7 Å².